The molecule has 107 valence electrons. The molecule has 1 saturated heterocycles. The second-order valence-corrected chi connectivity index (χ2v) is 6.46. The Labute approximate surface area is 122 Å². The number of rotatable bonds is 6. The van der Waals surface area contributed by atoms with Crippen molar-refractivity contribution in [2.24, 2.45) is 11.7 Å². The molecule has 1 aliphatic heterocycles. The molecule has 2 atom stereocenters. The van der Waals surface area contributed by atoms with Gasteiger partial charge in [0.2, 0.25) is 0 Å². The number of aryl methyl sites for hydroxylation is 1. The van der Waals surface area contributed by atoms with Gasteiger partial charge in [-0.2, -0.15) is 0 Å². The topological polar surface area (TPSA) is 49.5 Å². The van der Waals surface area contributed by atoms with Gasteiger partial charge >= 0.3 is 0 Å². The van der Waals surface area contributed by atoms with Crippen LogP contribution in [0.2, 0.25) is 5.82 Å². The Bertz CT molecular complexity index is 474. The van der Waals surface area contributed by atoms with Crippen molar-refractivity contribution < 1.29 is 5.02 Å². The zero-order valence-electron chi connectivity index (χ0n) is 12.3. The summed E-state index contributed by atoms with van der Waals surface area (Å²) in [7, 11) is 1.36. The lowest BCUT2D eigenvalue weighted by atomic mass is 9.87. The highest BCUT2D eigenvalue weighted by atomic mass is 16.2. The first-order valence-corrected chi connectivity index (χ1v) is 7.70. The summed E-state index contributed by atoms with van der Waals surface area (Å²) in [6.45, 7) is 6.42. The van der Waals surface area contributed by atoms with Crippen LogP contribution in [0, 0.1) is 12.8 Å². The molecule has 1 aromatic carbocycles. The first-order chi connectivity index (χ1) is 9.71. The average molecular weight is 271 g/mol. The van der Waals surface area contributed by atoms with E-state index in [-0.39, 0.29) is 0 Å². The summed E-state index contributed by atoms with van der Waals surface area (Å²) in [6, 6.07) is 6.87. The molecule has 0 spiro atoms. The van der Waals surface area contributed by atoms with Crippen molar-refractivity contribution in [1.29, 1.82) is 0 Å². The van der Waals surface area contributed by atoms with E-state index < -0.39 is 0 Å². The van der Waals surface area contributed by atoms with Gasteiger partial charge in [-0.25, -0.2) is 0 Å². The van der Waals surface area contributed by atoms with Crippen LogP contribution >= 0.6 is 0 Å². The van der Waals surface area contributed by atoms with E-state index in [0.29, 0.717) is 11.7 Å². The smallest absolute Gasteiger partial charge is 0.291 e. The number of nitrogens with zero attached hydrogens (tertiary/aromatic N) is 1. The van der Waals surface area contributed by atoms with Gasteiger partial charge in [0.1, 0.15) is 0 Å². The van der Waals surface area contributed by atoms with Crippen LogP contribution in [-0.4, -0.2) is 43.6 Å². The van der Waals surface area contributed by atoms with E-state index in [1.54, 1.807) is 0 Å². The van der Waals surface area contributed by atoms with E-state index in [1.165, 1.54) is 43.7 Å². The maximum Gasteiger partial charge on any atom is 0.291 e. The zero-order valence-corrected chi connectivity index (χ0v) is 12.3. The maximum absolute atomic E-state index is 9.05. The lowest BCUT2D eigenvalue weighted by Gasteiger charge is -2.39. The van der Waals surface area contributed by atoms with Crippen molar-refractivity contribution >= 4 is 7.48 Å². The number of hydrogen-bond acceptors (Lipinski definition) is 3. The van der Waals surface area contributed by atoms with Gasteiger partial charge in [0.25, 0.3) is 7.48 Å². The summed E-state index contributed by atoms with van der Waals surface area (Å²) in [5, 5.41) is 9.05. The van der Waals surface area contributed by atoms with Crippen LogP contribution in [0.1, 0.15) is 29.0 Å². The molecule has 20 heavy (non-hydrogen) atoms. The van der Waals surface area contributed by atoms with E-state index in [9.17, 15) is 0 Å². The third-order valence-electron chi connectivity index (χ3n) is 4.81. The molecule has 1 saturated carbocycles. The second-order valence-electron chi connectivity index (χ2n) is 6.46. The molecule has 1 aliphatic carbocycles. The molecule has 1 aromatic rings. The molecule has 2 aliphatic rings. The monoisotopic (exact) mass is 271 g/mol. The van der Waals surface area contributed by atoms with Crippen molar-refractivity contribution in [2.75, 3.05) is 26.2 Å². The summed E-state index contributed by atoms with van der Waals surface area (Å²) in [5.74, 6) is 1.73. The molecule has 1 radical (unpaired) electrons. The third kappa shape index (κ3) is 2.92. The summed E-state index contributed by atoms with van der Waals surface area (Å²) in [5.41, 5.74) is 9.85. The number of nitrogens with two attached hydrogens (primary N) is 1. The van der Waals surface area contributed by atoms with Crippen LogP contribution in [0.3, 0.4) is 0 Å². The molecule has 0 aromatic heterocycles. The summed E-state index contributed by atoms with van der Waals surface area (Å²) in [6.07, 6.45) is 2.29. The molecular weight excluding hydrogens is 247 g/mol. The van der Waals surface area contributed by atoms with E-state index in [0.717, 1.165) is 25.4 Å². The van der Waals surface area contributed by atoms with E-state index in [1.807, 2.05) is 0 Å². The Morgan fingerprint density at radius 1 is 1.40 bits per heavy atom. The first-order valence-electron chi connectivity index (χ1n) is 7.70. The highest BCUT2D eigenvalue weighted by Gasteiger charge is 2.38. The molecule has 2 unspecified atom stereocenters. The molecule has 3 rings (SSSR count). The minimum Gasteiger partial charge on any atom is -0.454 e. The summed E-state index contributed by atoms with van der Waals surface area (Å²) < 4.78 is 0. The molecule has 0 bridgehead atoms. The quantitative estimate of drug-likeness (QED) is 0.767. The Balaban J connectivity index is 1.56. The van der Waals surface area contributed by atoms with Crippen molar-refractivity contribution in [3.05, 3.63) is 34.9 Å². The van der Waals surface area contributed by atoms with Crippen molar-refractivity contribution in [1.82, 2.24) is 4.90 Å². The van der Waals surface area contributed by atoms with E-state index in [2.05, 4.69) is 30.0 Å². The molecule has 4 heteroatoms. The predicted octanol–water partition coefficient (Wildman–Crippen LogP) is 1.32. The number of hydrogen-bond donors (Lipinski definition) is 2. The highest BCUT2D eigenvalue weighted by molar-refractivity contribution is 6.29. The fourth-order valence-corrected chi connectivity index (χ4v) is 3.42. The third-order valence-corrected chi connectivity index (χ3v) is 4.81. The van der Waals surface area contributed by atoms with Crippen molar-refractivity contribution in [3.8, 4) is 0 Å². The summed E-state index contributed by atoms with van der Waals surface area (Å²) in [4.78, 5) is 2.43. The van der Waals surface area contributed by atoms with Gasteiger partial charge in [-0.05, 0) is 54.1 Å². The van der Waals surface area contributed by atoms with Gasteiger partial charge in [0, 0.05) is 26.2 Å². The minimum absolute atomic E-state index is 0.386. The van der Waals surface area contributed by atoms with Gasteiger partial charge in [0.05, 0.1) is 0 Å². The second kappa shape index (κ2) is 5.88. The van der Waals surface area contributed by atoms with Crippen molar-refractivity contribution in [2.45, 2.75) is 31.5 Å². The summed E-state index contributed by atoms with van der Waals surface area (Å²) >= 11 is 0. The van der Waals surface area contributed by atoms with Gasteiger partial charge in [-0.3, -0.25) is 0 Å². The SMILES string of the molecule is Cc1cc(C2CC2[B]O)ccc1CC1CN(CCN)C1. The first kappa shape index (κ1) is 14.1. The number of benzene rings is 1. The predicted molar refractivity (Wildman–Crippen MR) is 82.9 cm³/mol. The molecular formula is C16H24BN2O. The molecule has 1 heterocycles. The molecule has 3 N–H and O–H groups in total. The van der Waals surface area contributed by atoms with E-state index in [4.69, 9.17) is 10.8 Å². The highest BCUT2D eigenvalue weighted by Crippen LogP contribution is 2.52. The van der Waals surface area contributed by atoms with Crippen LogP contribution in [-0.2, 0) is 6.42 Å². The Hall–Kier alpha value is -0.835. The Morgan fingerprint density at radius 3 is 2.80 bits per heavy atom. The molecule has 2 fully saturated rings. The van der Waals surface area contributed by atoms with E-state index >= 15 is 0 Å². The van der Waals surface area contributed by atoms with Crippen LogP contribution in [0.15, 0.2) is 18.2 Å². The maximum atomic E-state index is 9.05. The van der Waals surface area contributed by atoms with Crippen LogP contribution < -0.4 is 5.73 Å². The Kier molecular flexibility index (Phi) is 4.15. The standard InChI is InChI=1S/C16H24BN2O/c1-11-6-14(15-8-16(15)17-20)3-2-13(11)7-12-9-19(10-12)5-4-18/h2-3,6,12,15-16,20H,4-5,7-10,18H2,1H3. The number of likely N-dealkylation sites (tertiary alicyclic amines) is 1. The average Bonchev–Trinajstić information content (AvgIpc) is 3.17. The molecule has 0 amide bonds. The van der Waals surface area contributed by atoms with Gasteiger partial charge in [-0.1, -0.05) is 18.2 Å². The molecule has 3 nitrogen and oxygen atoms in total. The lowest BCUT2D eigenvalue weighted by Crippen LogP contribution is -2.49. The largest absolute Gasteiger partial charge is 0.454 e. The van der Waals surface area contributed by atoms with Gasteiger partial charge in [0.15, 0.2) is 0 Å². The van der Waals surface area contributed by atoms with Crippen molar-refractivity contribution in [3.63, 3.8) is 0 Å². The minimum atomic E-state index is 0.386. The van der Waals surface area contributed by atoms with Crippen LogP contribution in [0.25, 0.3) is 0 Å². The van der Waals surface area contributed by atoms with Gasteiger partial charge in [-0.15, -0.1) is 0 Å². The lowest BCUT2D eigenvalue weighted by molar-refractivity contribution is 0.105. The zero-order chi connectivity index (χ0) is 14.1. The Morgan fingerprint density at radius 2 is 2.20 bits per heavy atom. The fourth-order valence-electron chi connectivity index (χ4n) is 3.42. The fraction of sp³-hybridized carbons (Fsp3) is 0.625. The van der Waals surface area contributed by atoms with Gasteiger partial charge < -0.3 is 15.7 Å². The normalized spacial score (nSPS) is 26.4. The van der Waals surface area contributed by atoms with Crippen LogP contribution in [0.4, 0.5) is 0 Å². The van der Waals surface area contributed by atoms with Crippen LogP contribution in [0.5, 0.6) is 0 Å².